The molecular formula is C17H19Cl2N3O5S. The van der Waals surface area contributed by atoms with Gasteiger partial charge in [-0.25, -0.2) is 0 Å². The van der Waals surface area contributed by atoms with E-state index >= 15 is 0 Å². The molecule has 28 heavy (non-hydrogen) atoms. The summed E-state index contributed by atoms with van der Waals surface area (Å²) in [6.07, 6.45) is -0.215. The summed E-state index contributed by atoms with van der Waals surface area (Å²) in [5.74, 6) is -1.49. The first-order chi connectivity index (χ1) is 13.3. The van der Waals surface area contributed by atoms with Gasteiger partial charge >= 0.3 is 5.97 Å². The number of piperazine rings is 1. The number of nitrogens with zero attached hydrogens (tertiary/aromatic N) is 1. The molecule has 8 nitrogen and oxygen atoms in total. The highest BCUT2D eigenvalue weighted by Crippen LogP contribution is 2.21. The molecule has 1 heterocycles. The zero-order valence-electron chi connectivity index (χ0n) is 15.0. The maximum absolute atomic E-state index is 12.5. The molecule has 1 saturated heterocycles. The molecule has 0 radical (unpaired) electrons. The van der Waals surface area contributed by atoms with Gasteiger partial charge in [0.15, 0.2) is 5.11 Å². The Morgan fingerprint density at radius 3 is 2.79 bits per heavy atom. The van der Waals surface area contributed by atoms with Crippen LogP contribution >= 0.6 is 35.4 Å². The van der Waals surface area contributed by atoms with Gasteiger partial charge in [0.25, 0.3) is 5.91 Å². The first-order valence-electron chi connectivity index (χ1n) is 8.32. The van der Waals surface area contributed by atoms with Gasteiger partial charge in [-0.05, 0) is 30.4 Å². The van der Waals surface area contributed by atoms with Gasteiger partial charge in [-0.2, -0.15) is 0 Å². The summed E-state index contributed by atoms with van der Waals surface area (Å²) in [6, 6.07) is 3.54. The van der Waals surface area contributed by atoms with Crippen molar-refractivity contribution in [1.82, 2.24) is 15.5 Å². The minimum absolute atomic E-state index is 0.0144. The maximum Gasteiger partial charge on any atom is 0.308 e. The zero-order valence-corrected chi connectivity index (χ0v) is 17.3. The van der Waals surface area contributed by atoms with Gasteiger partial charge in [-0.3, -0.25) is 19.7 Å². The van der Waals surface area contributed by atoms with Crippen molar-refractivity contribution in [3.05, 3.63) is 33.8 Å². The maximum atomic E-state index is 12.5. The van der Waals surface area contributed by atoms with Crippen molar-refractivity contribution in [2.24, 2.45) is 0 Å². The molecule has 0 aromatic heterocycles. The smallest absolute Gasteiger partial charge is 0.308 e. The minimum atomic E-state index is -0.891. The molecule has 152 valence electrons. The monoisotopic (exact) mass is 447 g/mol. The van der Waals surface area contributed by atoms with E-state index in [4.69, 9.17) is 44.9 Å². The van der Waals surface area contributed by atoms with E-state index in [1.807, 2.05) is 0 Å². The lowest BCUT2D eigenvalue weighted by molar-refractivity contribution is -0.148. The van der Waals surface area contributed by atoms with E-state index in [1.165, 1.54) is 30.2 Å². The van der Waals surface area contributed by atoms with Crippen LogP contribution in [0.15, 0.2) is 18.2 Å². The first kappa shape index (κ1) is 22.4. The molecule has 2 amide bonds. The highest BCUT2D eigenvalue weighted by molar-refractivity contribution is 7.80. The van der Waals surface area contributed by atoms with E-state index in [9.17, 15) is 14.4 Å². The summed E-state index contributed by atoms with van der Waals surface area (Å²) < 4.78 is 9.82. The number of nitrogens with one attached hydrogen (secondary N) is 2. The summed E-state index contributed by atoms with van der Waals surface area (Å²) in [5.41, 5.74) is 0.186. The van der Waals surface area contributed by atoms with Gasteiger partial charge < -0.3 is 19.7 Å². The molecule has 1 atom stereocenters. The second-order valence-electron chi connectivity index (χ2n) is 5.80. The van der Waals surface area contributed by atoms with Gasteiger partial charge in [-0.1, -0.05) is 23.2 Å². The summed E-state index contributed by atoms with van der Waals surface area (Å²) in [5, 5.41) is 5.79. The highest BCUT2D eigenvalue weighted by Gasteiger charge is 2.34. The molecular weight excluding hydrogens is 429 g/mol. The number of benzene rings is 1. The molecule has 1 aromatic rings. The summed E-state index contributed by atoms with van der Waals surface area (Å²) >= 11 is 17.2. The number of hydrogen-bond donors (Lipinski definition) is 2. The number of carbonyl (C=O) groups is 3. The van der Waals surface area contributed by atoms with Crippen LogP contribution in [0.4, 0.5) is 0 Å². The van der Waals surface area contributed by atoms with E-state index in [0.29, 0.717) is 18.1 Å². The number of amides is 2. The summed E-state index contributed by atoms with van der Waals surface area (Å²) in [4.78, 5) is 38.1. The van der Waals surface area contributed by atoms with Gasteiger partial charge in [0, 0.05) is 25.2 Å². The van der Waals surface area contributed by atoms with Crippen molar-refractivity contribution >= 4 is 58.3 Å². The molecule has 11 heteroatoms. The van der Waals surface area contributed by atoms with Gasteiger partial charge in [0.1, 0.15) is 12.6 Å². The lowest BCUT2D eigenvalue weighted by Gasteiger charge is -2.36. The van der Waals surface area contributed by atoms with Crippen molar-refractivity contribution in [1.29, 1.82) is 0 Å². The molecule has 1 aliphatic heterocycles. The van der Waals surface area contributed by atoms with Gasteiger partial charge in [-0.15, -0.1) is 0 Å². The fourth-order valence-corrected chi connectivity index (χ4v) is 3.33. The van der Waals surface area contributed by atoms with E-state index in [-0.39, 0.29) is 41.2 Å². The van der Waals surface area contributed by atoms with Crippen LogP contribution in [0.5, 0.6) is 0 Å². The molecule has 0 saturated carbocycles. The Morgan fingerprint density at radius 2 is 2.11 bits per heavy atom. The predicted molar refractivity (Wildman–Crippen MR) is 107 cm³/mol. The molecule has 0 aliphatic carbocycles. The van der Waals surface area contributed by atoms with Crippen LogP contribution in [0.2, 0.25) is 10.0 Å². The first-order valence-corrected chi connectivity index (χ1v) is 9.49. The minimum Gasteiger partial charge on any atom is -0.463 e. The number of halogens is 2. The average molecular weight is 448 g/mol. The van der Waals surface area contributed by atoms with Crippen LogP contribution in [-0.4, -0.2) is 67.3 Å². The molecule has 2 N–H and O–H groups in total. The van der Waals surface area contributed by atoms with E-state index in [1.54, 1.807) is 0 Å². The Balaban J connectivity index is 2.04. The number of hydrogen-bond acceptors (Lipinski definition) is 6. The fourth-order valence-electron chi connectivity index (χ4n) is 2.53. The molecule has 0 bridgehead atoms. The van der Waals surface area contributed by atoms with Crippen molar-refractivity contribution < 1.29 is 23.9 Å². The SMILES string of the molecule is COCCOC(=O)CC1C(=O)NCCN1C(=S)NC(=O)c1ccc(Cl)cc1Cl. The second-order valence-corrected chi connectivity index (χ2v) is 7.03. The molecule has 1 unspecified atom stereocenters. The number of methoxy groups -OCH3 is 1. The standard InChI is InChI=1S/C17H19Cl2N3O5S/c1-26-6-7-27-14(23)9-13-16(25)20-4-5-22(13)17(28)21-15(24)11-3-2-10(18)8-12(11)19/h2-3,8,13H,4-7,9H2,1H3,(H,20,25)(H,21,24,28). The summed E-state index contributed by atoms with van der Waals surface area (Å²) in [7, 11) is 1.48. The number of ether oxygens (including phenoxy) is 2. The number of esters is 1. The molecule has 2 rings (SSSR count). The largest absolute Gasteiger partial charge is 0.463 e. The van der Waals surface area contributed by atoms with Crippen LogP contribution in [0.1, 0.15) is 16.8 Å². The van der Waals surface area contributed by atoms with Crippen molar-refractivity contribution in [2.45, 2.75) is 12.5 Å². The molecule has 1 aliphatic rings. The Labute approximate surface area is 177 Å². The van der Waals surface area contributed by atoms with Gasteiger partial charge in [0.2, 0.25) is 5.91 Å². The Morgan fingerprint density at radius 1 is 1.36 bits per heavy atom. The van der Waals surface area contributed by atoms with E-state index < -0.39 is 17.9 Å². The van der Waals surface area contributed by atoms with Crippen LogP contribution in [-0.2, 0) is 19.1 Å². The number of carbonyl (C=O) groups excluding carboxylic acids is 3. The molecule has 1 aromatic carbocycles. The van der Waals surface area contributed by atoms with Crippen molar-refractivity contribution in [3.8, 4) is 0 Å². The lowest BCUT2D eigenvalue weighted by atomic mass is 10.1. The van der Waals surface area contributed by atoms with E-state index in [2.05, 4.69) is 10.6 Å². The quantitative estimate of drug-likeness (QED) is 0.386. The van der Waals surface area contributed by atoms with Crippen LogP contribution in [0, 0.1) is 0 Å². The third-order valence-corrected chi connectivity index (χ3v) is 4.78. The number of rotatable bonds is 6. The fraction of sp³-hybridized carbons (Fsp3) is 0.412. The third-order valence-electron chi connectivity index (χ3n) is 3.90. The second kappa shape index (κ2) is 10.6. The van der Waals surface area contributed by atoms with Gasteiger partial charge in [0.05, 0.1) is 23.6 Å². The van der Waals surface area contributed by atoms with E-state index in [0.717, 1.165) is 0 Å². The Hall–Kier alpha value is -1.94. The number of thiocarbonyl (C=S) groups is 1. The molecule has 0 spiro atoms. The Bertz CT molecular complexity index is 777. The Kier molecular flexibility index (Phi) is 8.43. The van der Waals surface area contributed by atoms with Crippen LogP contribution < -0.4 is 10.6 Å². The normalized spacial score (nSPS) is 16.3. The average Bonchev–Trinajstić information content (AvgIpc) is 2.63. The van der Waals surface area contributed by atoms with Crippen molar-refractivity contribution in [3.63, 3.8) is 0 Å². The summed E-state index contributed by atoms with van der Waals surface area (Å²) in [6.45, 7) is 0.990. The highest BCUT2D eigenvalue weighted by atomic mass is 35.5. The molecule has 1 fully saturated rings. The van der Waals surface area contributed by atoms with Crippen molar-refractivity contribution in [2.75, 3.05) is 33.4 Å². The topological polar surface area (TPSA) is 97.0 Å². The predicted octanol–water partition coefficient (Wildman–Crippen LogP) is 1.39. The van der Waals surface area contributed by atoms with Crippen LogP contribution in [0.3, 0.4) is 0 Å². The third kappa shape index (κ3) is 6.03. The lowest BCUT2D eigenvalue weighted by Crippen LogP contribution is -2.60. The van der Waals surface area contributed by atoms with Crippen LogP contribution in [0.25, 0.3) is 0 Å². The zero-order chi connectivity index (χ0) is 20.7.